The first-order valence-corrected chi connectivity index (χ1v) is 7.50. The smallest absolute Gasteiger partial charge is 0.339 e. The van der Waals surface area contributed by atoms with E-state index in [1.54, 1.807) is 18.0 Å². The van der Waals surface area contributed by atoms with E-state index in [1.165, 1.54) is 24.6 Å². The summed E-state index contributed by atoms with van der Waals surface area (Å²) in [5, 5.41) is 0. The maximum atomic E-state index is 12.6. The summed E-state index contributed by atoms with van der Waals surface area (Å²) in [6.07, 6.45) is 3.88. The Kier molecular flexibility index (Phi) is 5.27. The van der Waals surface area contributed by atoms with E-state index in [1.807, 2.05) is 0 Å². The van der Waals surface area contributed by atoms with E-state index < -0.39 is 11.7 Å². The van der Waals surface area contributed by atoms with Gasteiger partial charge in [0, 0.05) is 19.2 Å². The zero-order chi connectivity index (χ0) is 16.2. The van der Waals surface area contributed by atoms with Crippen molar-refractivity contribution in [2.75, 3.05) is 7.05 Å². The Bertz CT molecular complexity index is 545. The van der Waals surface area contributed by atoms with Gasteiger partial charge < -0.3 is 4.90 Å². The van der Waals surface area contributed by atoms with Gasteiger partial charge in [0.2, 0.25) is 5.91 Å². The second-order valence-electron chi connectivity index (χ2n) is 5.70. The molecular weight excluding hydrogens is 291 g/mol. The molecule has 0 aliphatic heterocycles. The van der Waals surface area contributed by atoms with Gasteiger partial charge in [0.15, 0.2) is 0 Å². The fourth-order valence-corrected chi connectivity index (χ4v) is 2.75. The van der Waals surface area contributed by atoms with Gasteiger partial charge in [-0.25, -0.2) is 0 Å². The van der Waals surface area contributed by atoms with Gasteiger partial charge in [-0.2, -0.15) is 13.2 Å². The molecule has 0 heterocycles. The predicted octanol–water partition coefficient (Wildman–Crippen LogP) is 4.51. The van der Waals surface area contributed by atoms with Gasteiger partial charge in [0.05, 0.1) is 5.56 Å². The van der Waals surface area contributed by atoms with E-state index in [2.05, 4.69) is 0 Å². The van der Waals surface area contributed by atoms with Crippen molar-refractivity contribution in [2.45, 2.75) is 44.3 Å². The molecule has 120 valence electrons. The highest BCUT2D eigenvalue weighted by Crippen LogP contribution is 2.29. The summed E-state index contributed by atoms with van der Waals surface area (Å²) in [5.74, 6) is -0.163. The average Bonchev–Trinajstić information content (AvgIpc) is 2.52. The summed E-state index contributed by atoms with van der Waals surface area (Å²) in [4.78, 5) is 13.8. The number of alkyl halides is 3. The molecule has 1 aromatic carbocycles. The molecule has 1 fully saturated rings. The number of amides is 1. The standard InChI is InChI=1S/C17H20F3NO/c1-21(15-8-3-2-4-9-15)16(22)11-10-13-6-5-7-14(12-13)17(18,19)20/h5-7,10-12,15H,2-4,8-9H2,1H3/b11-10+. The van der Waals surface area contributed by atoms with Gasteiger partial charge in [-0.3, -0.25) is 4.79 Å². The van der Waals surface area contributed by atoms with Gasteiger partial charge in [0.25, 0.3) is 0 Å². The molecule has 0 saturated heterocycles. The molecule has 0 spiro atoms. The monoisotopic (exact) mass is 311 g/mol. The lowest BCUT2D eigenvalue weighted by Crippen LogP contribution is -2.37. The quantitative estimate of drug-likeness (QED) is 0.752. The van der Waals surface area contributed by atoms with Crippen LogP contribution in [0.5, 0.6) is 0 Å². The Balaban J connectivity index is 2.03. The Morgan fingerprint density at radius 1 is 1.23 bits per heavy atom. The number of halogens is 3. The molecule has 0 N–H and O–H groups in total. The molecule has 0 unspecified atom stereocenters. The Morgan fingerprint density at radius 2 is 1.91 bits per heavy atom. The highest BCUT2D eigenvalue weighted by molar-refractivity contribution is 5.91. The lowest BCUT2D eigenvalue weighted by atomic mass is 9.94. The highest BCUT2D eigenvalue weighted by atomic mass is 19.4. The third kappa shape index (κ3) is 4.36. The predicted molar refractivity (Wildman–Crippen MR) is 80.1 cm³/mol. The topological polar surface area (TPSA) is 20.3 Å². The van der Waals surface area contributed by atoms with Crippen LogP contribution in [0.4, 0.5) is 13.2 Å². The van der Waals surface area contributed by atoms with Crippen molar-refractivity contribution >= 4 is 12.0 Å². The van der Waals surface area contributed by atoms with E-state index in [4.69, 9.17) is 0 Å². The molecule has 2 rings (SSSR count). The van der Waals surface area contributed by atoms with Crippen LogP contribution in [0.15, 0.2) is 30.3 Å². The zero-order valence-electron chi connectivity index (χ0n) is 12.6. The van der Waals surface area contributed by atoms with Crippen LogP contribution in [0.1, 0.15) is 43.2 Å². The molecule has 1 aromatic rings. The lowest BCUT2D eigenvalue weighted by Gasteiger charge is -2.30. The maximum Gasteiger partial charge on any atom is 0.416 e. The lowest BCUT2D eigenvalue weighted by molar-refractivity contribution is -0.137. The first-order chi connectivity index (χ1) is 10.4. The molecule has 1 aliphatic carbocycles. The molecule has 1 saturated carbocycles. The number of benzene rings is 1. The van der Waals surface area contributed by atoms with Crippen molar-refractivity contribution in [2.24, 2.45) is 0 Å². The fraction of sp³-hybridized carbons (Fsp3) is 0.471. The van der Waals surface area contributed by atoms with Gasteiger partial charge in [-0.05, 0) is 36.6 Å². The number of nitrogens with zero attached hydrogens (tertiary/aromatic N) is 1. The molecule has 0 bridgehead atoms. The number of carbonyl (C=O) groups excluding carboxylic acids is 1. The van der Waals surface area contributed by atoms with E-state index in [0.29, 0.717) is 5.56 Å². The Morgan fingerprint density at radius 3 is 2.55 bits per heavy atom. The molecule has 1 amide bonds. The summed E-state index contributed by atoms with van der Waals surface area (Å²) in [6.45, 7) is 0. The number of rotatable bonds is 3. The van der Waals surface area contributed by atoms with Crippen molar-refractivity contribution < 1.29 is 18.0 Å². The number of hydrogen-bond acceptors (Lipinski definition) is 1. The van der Waals surface area contributed by atoms with Crippen molar-refractivity contribution in [3.05, 3.63) is 41.5 Å². The summed E-state index contributed by atoms with van der Waals surface area (Å²) < 4.78 is 37.9. The van der Waals surface area contributed by atoms with Crippen LogP contribution >= 0.6 is 0 Å². The summed E-state index contributed by atoms with van der Waals surface area (Å²) in [5.41, 5.74) is -0.331. The minimum atomic E-state index is -4.37. The SMILES string of the molecule is CN(C(=O)/C=C/c1cccc(C(F)(F)F)c1)C1CCCCC1. The largest absolute Gasteiger partial charge is 0.416 e. The van der Waals surface area contributed by atoms with Crippen LogP contribution in [-0.2, 0) is 11.0 Å². The van der Waals surface area contributed by atoms with Gasteiger partial charge in [-0.15, -0.1) is 0 Å². The van der Waals surface area contributed by atoms with Crippen LogP contribution in [-0.4, -0.2) is 23.9 Å². The maximum absolute atomic E-state index is 12.6. The number of likely N-dealkylation sites (N-methyl/N-ethyl adjacent to an activating group) is 1. The minimum Gasteiger partial charge on any atom is -0.339 e. The van der Waals surface area contributed by atoms with Gasteiger partial charge >= 0.3 is 6.18 Å². The van der Waals surface area contributed by atoms with Crippen LogP contribution in [0.2, 0.25) is 0 Å². The van der Waals surface area contributed by atoms with Crippen LogP contribution in [0.25, 0.3) is 6.08 Å². The van der Waals surface area contributed by atoms with Crippen molar-refractivity contribution in [1.29, 1.82) is 0 Å². The Hall–Kier alpha value is -1.78. The molecule has 5 heteroatoms. The van der Waals surface area contributed by atoms with Crippen LogP contribution in [0, 0.1) is 0 Å². The van der Waals surface area contributed by atoms with Gasteiger partial charge in [-0.1, -0.05) is 31.4 Å². The fourth-order valence-electron chi connectivity index (χ4n) is 2.75. The second-order valence-corrected chi connectivity index (χ2v) is 5.70. The minimum absolute atomic E-state index is 0.163. The molecule has 0 radical (unpaired) electrons. The Labute approximate surface area is 128 Å². The van der Waals surface area contributed by atoms with E-state index in [0.717, 1.165) is 37.8 Å². The third-order valence-electron chi connectivity index (χ3n) is 4.10. The summed E-state index contributed by atoms with van der Waals surface area (Å²) in [7, 11) is 1.76. The first-order valence-electron chi connectivity index (χ1n) is 7.50. The molecule has 0 aromatic heterocycles. The first kappa shape index (κ1) is 16.6. The molecular formula is C17H20F3NO. The zero-order valence-corrected chi connectivity index (χ0v) is 12.6. The molecule has 0 atom stereocenters. The summed E-state index contributed by atoms with van der Waals surface area (Å²) >= 11 is 0. The third-order valence-corrected chi connectivity index (χ3v) is 4.10. The number of hydrogen-bond donors (Lipinski definition) is 0. The normalized spacial score (nSPS) is 16.9. The number of carbonyl (C=O) groups is 1. The summed E-state index contributed by atoms with van der Waals surface area (Å²) in [6, 6.07) is 5.21. The van der Waals surface area contributed by atoms with Crippen LogP contribution < -0.4 is 0 Å². The molecule has 1 aliphatic rings. The average molecular weight is 311 g/mol. The second kappa shape index (κ2) is 6.99. The van der Waals surface area contributed by atoms with E-state index in [9.17, 15) is 18.0 Å². The van der Waals surface area contributed by atoms with Crippen molar-refractivity contribution in [1.82, 2.24) is 4.90 Å². The van der Waals surface area contributed by atoms with Gasteiger partial charge in [0.1, 0.15) is 0 Å². The van der Waals surface area contributed by atoms with E-state index in [-0.39, 0.29) is 11.9 Å². The molecule has 2 nitrogen and oxygen atoms in total. The van der Waals surface area contributed by atoms with Crippen molar-refractivity contribution in [3.8, 4) is 0 Å². The highest BCUT2D eigenvalue weighted by Gasteiger charge is 2.30. The van der Waals surface area contributed by atoms with Crippen molar-refractivity contribution in [3.63, 3.8) is 0 Å². The van der Waals surface area contributed by atoms with E-state index >= 15 is 0 Å². The molecule has 22 heavy (non-hydrogen) atoms. The van der Waals surface area contributed by atoms with Crippen LogP contribution in [0.3, 0.4) is 0 Å².